The van der Waals surface area contributed by atoms with Crippen molar-refractivity contribution in [1.82, 2.24) is 4.57 Å². The lowest BCUT2D eigenvalue weighted by molar-refractivity contribution is -0.137. The summed E-state index contributed by atoms with van der Waals surface area (Å²) in [5.74, 6) is -0.0705. The lowest BCUT2D eigenvalue weighted by Gasteiger charge is -2.11. The number of rotatable bonds is 3. The van der Waals surface area contributed by atoms with Crippen LogP contribution in [0.2, 0.25) is 0 Å². The van der Waals surface area contributed by atoms with E-state index in [-0.39, 0.29) is 17.4 Å². The van der Waals surface area contributed by atoms with E-state index in [9.17, 15) is 9.59 Å². The number of hydrogen-bond acceptors (Lipinski definition) is 3. The highest BCUT2D eigenvalue weighted by atomic mass is 79.9. The maximum atomic E-state index is 12.0. The van der Waals surface area contributed by atoms with E-state index < -0.39 is 0 Å². The molecule has 0 N–H and O–H groups in total. The van der Waals surface area contributed by atoms with E-state index in [1.807, 2.05) is 13.8 Å². The molecule has 2 rings (SSSR count). The minimum Gasteiger partial charge on any atom is -0.462 e. The molecule has 1 aliphatic carbocycles. The predicted molar refractivity (Wildman–Crippen MR) is 76.9 cm³/mol. The third kappa shape index (κ3) is 2.66. The van der Waals surface area contributed by atoms with Gasteiger partial charge in [-0.3, -0.25) is 4.79 Å². The van der Waals surface area contributed by atoms with E-state index in [0.717, 1.165) is 4.47 Å². The normalized spacial score (nSPS) is 13.4. The largest absolute Gasteiger partial charge is 0.462 e. The number of pyridine rings is 1. The van der Waals surface area contributed by atoms with Crippen LogP contribution >= 0.6 is 15.9 Å². The number of nitrogens with zero attached hydrogens (tertiary/aromatic N) is 1. The van der Waals surface area contributed by atoms with Crippen molar-refractivity contribution in [2.24, 2.45) is 13.0 Å². The van der Waals surface area contributed by atoms with Gasteiger partial charge in [-0.1, -0.05) is 19.9 Å². The van der Waals surface area contributed by atoms with E-state index in [4.69, 9.17) is 4.74 Å². The summed E-state index contributed by atoms with van der Waals surface area (Å²) in [7, 11) is 1.70. The Morgan fingerprint density at radius 2 is 2.21 bits per heavy atom. The summed E-state index contributed by atoms with van der Waals surface area (Å²) >= 11 is 3.41. The van der Waals surface area contributed by atoms with Crippen LogP contribution in [0.15, 0.2) is 21.5 Å². The Morgan fingerprint density at radius 3 is 2.84 bits per heavy atom. The van der Waals surface area contributed by atoms with Crippen molar-refractivity contribution >= 4 is 27.5 Å². The van der Waals surface area contributed by atoms with Crippen LogP contribution in [-0.4, -0.2) is 17.1 Å². The molecule has 0 saturated heterocycles. The monoisotopic (exact) mass is 325 g/mol. The molecule has 0 fully saturated rings. The molecule has 102 valence electrons. The average Bonchev–Trinajstić information content (AvgIpc) is 2.78. The average molecular weight is 326 g/mol. The van der Waals surface area contributed by atoms with Gasteiger partial charge in [-0.05, 0) is 28.3 Å². The Labute approximate surface area is 120 Å². The first-order valence-corrected chi connectivity index (χ1v) is 6.96. The van der Waals surface area contributed by atoms with Gasteiger partial charge >= 0.3 is 5.97 Å². The Morgan fingerprint density at radius 1 is 1.53 bits per heavy atom. The van der Waals surface area contributed by atoms with E-state index in [0.29, 0.717) is 29.7 Å². The third-order valence-electron chi connectivity index (χ3n) is 2.97. The molecule has 0 bridgehead atoms. The number of hydrogen-bond donors (Lipinski definition) is 0. The van der Waals surface area contributed by atoms with Gasteiger partial charge in [0, 0.05) is 28.8 Å². The van der Waals surface area contributed by atoms with Gasteiger partial charge < -0.3 is 9.30 Å². The van der Waals surface area contributed by atoms with Crippen molar-refractivity contribution < 1.29 is 9.53 Å². The number of ether oxygens (including phenoxy) is 1. The number of carbonyl (C=O) groups excluding carboxylic acids is 1. The highest BCUT2D eigenvalue weighted by Crippen LogP contribution is 2.32. The standard InChI is InChI=1S/C14H16BrNO3/c1-8(2)7-19-14(18)10-5-4-9-12(10)11(15)6-16(3)13(9)17/h5-6,8H,4,7H2,1-3H3. The molecule has 0 unspecified atom stereocenters. The summed E-state index contributed by atoms with van der Waals surface area (Å²) in [5.41, 5.74) is 1.74. The summed E-state index contributed by atoms with van der Waals surface area (Å²) < 4.78 is 7.49. The molecule has 1 aliphatic rings. The number of halogens is 1. The predicted octanol–water partition coefficient (Wildman–Crippen LogP) is 2.29. The highest BCUT2D eigenvalue weighted by molar-refractivity contribution is 9.10. The molecular formula is C14H16BrNO3. The van der Waals surface area contributed by atoms with Crippen molar-refractivity contribution in [2.45, 2.75) is 20.3 Å². The second-order valence-corrected chi connectivity index (χ2v) is 5.92. The molecule has 0 atom stereocenters. The molecule has 0 saturated carbocycles. The molecule has 5 heteroatoms. The Hall–Kier alpha value is -1.36. The fraction of sp³-hybridized carbons (Fsp3) is 0.429. The summed E-state index contributed by atoms with van der Waals surface area (Å²) in [6.07, 6.45) is 3.92. The summed E-state index contributed by atoms with van der Waals surface area (Å²) in [6.45, 7) is 4.35. The lowest BCUT2D eigenvalue weighted by atomic mass is 10.1. The molecule has 4 nitrogen and oxygen atoms in total. The van der Waals surface area contributed by atoms with Gasteiger partial charge in [0.05, 0.1) is 12.2 Å². The third-order valence-corrected chi connectivity index (χ3v) is 3.57. The first-order chi connectivity index (χ1) is 8.91. The molecule has 19 heavy (non-hydrogen) atoms. The zero-order valence-electron chi connectivity index (χ0n) is 11.2. The smallest absolute Gasteiger partial charge is 0.338 e. The minimum atomic E-state index is -0.360. The minimum absolute atomic E-state index is 0.0684. The second-order valence-electron chi connectivity index (χ2n) is 5.06. The van der Waals surface area contributed by atoms with Crippen molar-refractivity contribution in [2.75, 3.05) is 6.61 Å². The zero-order valence-corrected chi connectivity index (χ0v) is 12.8. The number of esters is 1. The fourth-order valence-corrected chi connectivity index (χ4v) is 2.81. The molecule has 1 heterocycles. The van der Waals surface area contributed by atoms with E-state index in [2.05, 4.69) is 15.9 Å². The first-order valence-electron chi connectivity index (χ1n) is 6.17. The summed E-state index contributed by atoms with van der Waals surface area (Å²) in [6, 6.07) is 0. The van der Waals surface area contributed by atoms with Crippen LogP contribution < -0.4 is 5.56 Å². The summed E-state index contributed by atoms with van der Waals surface area (Å²) in [5, 5.41) is 0. The SMILES string of the molecule is CC(C)COC(=O)C1=CCc2c1c(Br)cn(C)c2=O. The number of aryl methyl sites for hydroxylation is 1. The van der Waals surface area contributed by atoms with Crippen LogP contribution in [-0.2, 0) is 23.0 Å². The van der Waals surface area contributed by atoms with Crippen LogP contribution in [0.3, 0.4) is 0 Å². The van der Waals surface area contributed by atoms with Crippen molar-refractivity contribution in [3.63, 3.8) is 0 Å². The number of carbonyl (C=O) groups is 1. The van der Waals surface area contributed by atoms with Crippen molar-refractivity contribution in [3.8, 4) is 0 Å². The van der Waals surface area contributed by atoms with Gasteiger partial charge in [0.25, 0.3) is 5.56 Å². The van der Waals surface area contributed by atoms with Gasteiger partial charge in [-0.2, -0.15) is 0 Å². The molecule has 0 spiro atoms. The molecule has 0 radical (unpaired) electrons. The molecule has 0 aromatic carbocycles. The fourth-order valence-electron chi connectivity index (χ4n) is 2.05. The quantitative estimate of drug-likeness (QED) is 0.801. The molecule has 1 aromatic heterocycles. The topological polar surface area (TPSA) is 48.3 Å². The first kappa shape index (κ1) is 14.1. The molecule has 1 aromatic rings. The molecular weight excluding hydrogens is 310 g/mol. The molecule has 0 aliphatic heterocycles. The second kappa shape index (κ2) is 5.33. The van der Waals surface area contributed by atoms with Crippen LogP contribution in [0.25, 0.3) is 5.57 Å². The van der Waals surface area contributed by atoms with Gasteiger partial charge in [-0.25, -0.2) is 4.79 Å². The molecule has 0 amide bonds. The number of aromatic nitrogens is 1. The maximum absolute atomic E-state index is 12.0. The van der Waals surface area contributed by atoms with Gasteiger partial charge in [-0.15, -0.1) is 0 Å². The Balaban J connectivity index is 2.34. The van der Waals surface area contributed by atoms with E-state index >= 15 is 0 Å². The van der Waals surface area contributed by atoms with Crippen molar-refractivity contribution in [3.05, 3.63) is 38.2 Å². The van der Waals surface area contributed by atoms with Crippen LogP contribution in [0.5, 0.6) is 0 Å². The Bertz CT molecular complexity index is 614. The number of allylic oxidation sites excluding steroid dienone is 1. The Kier molecular flexibility index (Phi) is 3.94. The van der Waals surface area contributed by atoms with Gasteiger partial charge in [0.1, 0.15) is 0 Å². The van der Waals surface area contributed by atoms with Gasteiger partial charge in [0.15, 0.2) is 0 Å². The highest BCUT2D eigenvalue weighted by Gasteiger charge is 2.26. The number of fused-ring (bicyclic) bond motifs is 1. The van der Waals surface area contributed by atoms with E-state index in [1.165, 1.54) is 4.57 Å². The van der Waals surface area contributed by atoms with Crippen LogP contribution in [0, 0.1) is 5.92 Å². The van der Waals surface area contributed by atoms with Crippen LogP contribution in [0.4, 0.5) is 0 Å². The van der Waals surface area contributed by atoms with Gasteiger partial charge in [0.2, 0.25) is 0 Å². The maximum Gasteiger partial charge on any atom is 0.338 e. The van der Waals surface area contributed by atoms with E-state index in [1.54, 1.807) is 19.3 Å². The zero-order chi connectivity index (χ0) is 14.2. The lowest BCUT2D eigenvalue weighted by Crippen LogP contribution is -2.21. The summed E-state index contributed by atoms with van der Waals surface area (Å²) in [4.78, 5) is 24.0. The van der Waals surface area contributed by atoms with Crippen LogP contribution in [0.1, 0.15) is 25.0 Å². The van der Waals surface area contributed by atoms with Crippen molar-refractivity contribution in [1.29, 1.82) is 0 Å².